The molecular weight excluding hydrogens is 550 g/mol. The van der Waals surface area contributed by atoms with Crippen LogP contribution in [0.4, 0.5) is 11.4 Å². The highest BCUT2D eigenvalue weighted by Gasteiger charge is 2.22. The summed E-state index contributed by atoms with van der Waals surface area (Å²) in [5, 5.41) is 16.0. The minimum atomic E-state index is -0.498. The molecule has 0 aliphatic heterocycles. The highest BCUT2D eigenvalue weighted by Crippen LogP contribution is 2.41. The van der Waals surface area contributed by atoms with Gasteiger partial charge < -0.3 is 10.1 Å². The van der Waals surface area contributed by atoms with Crippen LogP contribution in [0.2, 0.25) is 5.02 Å². The van der Waals surface area contributed by atoms with Gasteiger partial charge in [0.1, 0.15) is 11.5 Å². The van der Waals surface area contributed by atoms with E-state index in [-0.39, 0.29) is 17.1 Å². The number of aromatic nitrogens is 1. The van der Waals surface area contributed by atoms with Gasteiger partial charge in [-0.15, -0.1) is 0 Å². The number of amides is 1. The predicted molar refractivity (Wildman–Crippen MR) is 166 cm³/mol. The number of halogens is 1. The molecule has 0 unspecified atom stereocenters. The molecule has 4 aromatic carbocycles. The minimum Gasteiger partial charge on any atom is -0.457 e. The number of carbonyl (C=O) groups excluding carboxylic acids is 1. The number of fused-ring (bicyclic) bond motifs is 1. The second kappa shape index (κ2) is 12.0. The Morgan fingerprint density at radius 2 is 1.67 bits per heavy atom. The van der Waals surface area contributed by atoms with Gasteiger partial charge in [0.05, 0.1) is 33.5 Å². The van der Waals surface area contributed by atoms with Crippen molar-refractivity contribution >= 4 is 39.8 Å². The molecule has 0 atom stereocenters. The van der Waals surface area contributed by atoms with Gasteiger partial charge in [-0.25, -0.2) is 4.98 Å². The number of nitro groups is 1. The first-order valence-electron chi connectivity index (χ1n) is 14.0. The van der Waals surface area contributed by atoms with E-state index in [0.29, 0.717) is 38.9 Å². The van der Waals surface area contributed by atoms with Gasteiger partial charge >= 0.3 is 0 Å². The van der Waals surface area contributed by atoms with Crippen LogP contribution in [0, 0.1) is 10.1 Å². The van der Waals surface area contributed by atoms with E-state index in [0.717, 1.165) is 36.8 Å². The van der Waals surface area contributed by atoms with E-state index in [1.54, 1.807) is 24.3 Å². The maximum Gasteiger partial charge on any atom is 0.275 e. The van der Waals surface area contributed by atoms with Crippen LogP contribution in [0.15, 0.2) is 97.1 Å². The van der Waals surface area contributed by atoms with Crippen molar-refractivity contribution < 1.29 is 14.5 Å². The molecule has 1 amide bonds. The topological polar surface area (TPSA) is 94.4 Å². The highest BCUT2D eigenvalue weighted by atomic mass is 35.5. The van der Waals surface area contributed by atoms with Crippen LogP contribution < -0.4 is 10.1 Å². The minimum absolute atomic E-state index is 0.194. The lowest BCUT2D eigenvalue weighted by molar-refractivity contribution is -0.384. The number of non-ortho nitro benzene ring substituents is 1. The van der Waals surface area contributed by atoms with Gasteiger partial charge in [0.2, 0.25) is 0 Å². The molecule has 1 heterocycles. The molecule has 7 nitrogen and oxygen atoms in total. The first-order valence-corrected chi connectivity index (χ1v) is 14.4. The third-order valence-electron chi connectivity index (χ3n) is 7.63. The molecule has 42 heavy (non-hydrogen) atoms. The number of hydrogen-bond acceptors (Lipinski definition) is 5. The van der Waals surface area contributed by atoms with Crippen LogP contribution in [0.3, 0.4) is 0 Å². The summed E-state index contributed by atoms with van der Waals surface area (Å²) in [5.74, 6) is 0.760. The molecule has 0 radical (unpaired) electrons. The Morgan fingerprint density at radius 3 is 2.45 bits per heavy atom. The molecule has 0 bridgehead atoms. The number of ether oxygens (including phenoxy) is 1. The standard InChI is InChI=1S/C34H28ClN3O4/c35-24-15-16-33(29(17-24)22-9-3-1-4-10-22)42-27-19-25(18-26(20-27)38(40)41)36-34(39)30-21-32(23-11-5-2-6-12-23)37-31-14-8-7-13-28(30)31/h2,5-8,11-22H,1,3-4,9-10H2,(H,36,39). The summed E-state index contributed by atoms with van der Waals surface area (Å²) in [6, 6.07) is 28.5. The Kier molecular flexibility index (Phi) is 7.84. The summed E-state index contributed by atoms with van der Waals surface area (Å²) in [6.45, 7) is 0. The number of nitrogens with one attached hydrogen (secondary N) is 1. The van der Waals surface area contributed by atoms with Crippen molar-refractivity contribution in [3.05, 3.63) is 123 Å². The third-order valence-corrected chi connectivity index (χ3v) is 7.87. The lowest BCUT2D eigenvalue weighted by atomic mass is 9.84. The van der Waals surface area contributed by atoms with Crippen molar-refractivity contribution in [2.24, 2.45) is 0 Å². The van der Waals surface area contributed by atoms with Crippen LogP contribution >= 0.6 is 11.6 Å². The van der Waals surface area contributed by atoms with E-state index >= 15 is 0 Å². The number of pyridine rings is 1. The van der Waals surface area contributed by atoms with Crippen molar-refractivity contribution in [2.45, 2.75) is 38.0 Å². The number of hydrogen-bond donors (Lipinski definition) is 1. The van der Waals surface area contributed by atoms with E-state index in [9.17, 15) is 14.9 Å². The van der Waals surface area contributed by atoms with E-state index < -0.39 is 10.8 Å². The summed E-state index contributed by atoms with van der Waals surface area (Å²) < 4.78 is 6.26. The molecule has 6 rings (SSSR count). The molecule has 0 spiro atoms. The highest BCUT2D eigenvalue weighted by molar-refractivity contribution is 6.30. The fourth-order valence-electron chi connectivity index (χ4n) is 5.61. The number of nitro benzene ring substituents is 1. The quantitative estimate of drug-likeness (QED) is 0.153. The fourth-order valence-corrected chi connectivity index (χ4v) is 5.79. The Balaban J connectivity index is 1.35. The van der Waals surface area contributed by atoms with Crippen LogP contribution in [0.1, 0.15) is 53.9 Å². The SMILES string of the molecule is O=C(Nc1cc(Oc2ccc(Cl)cc2C2CCCCC2)cc([N+](=O)[O-])c1)c1cc(-c2ccccc2)nc2ccccc12. The third kappa shape index (κ3) is 5.97. The first-order chi connectivity index (χ1) is 20.4. The number of anilines is 1. The van der Waals surface area contributed by atoms with E-state index in [4.69, 9.17) is 21.3 Å². The van der Waals surface area contributed by atoms with Crippen LogP contribution in [0.25, 0.3) is 22.2 Å². The van der Waals surface area contributed by atoms with Gasteiger partial charge in [0.15, 0.2) is 0 Å². The molecule has 0 saturated heterocycles. The predicted octanol–water partition coefficient (Wildman–Crippen LogP) is 9.56. The zero-order chi connectivity index (χ0) is 29.1. The van der Waals surface area contributed by atoms with Crippen molar-refractivity contribution in [1.29, 1.82) is 0 Å². The maximum atomic E-state index is 13.7. The lowest BCUT2D eigenvalue weighted by Gasteiger charge is -2.24. The molecular formula is C34H28ClN3O4. The van der Waals surface area contributed by atoms with E-state index in [2.05, 4.69) is 5.32 Å². The summed E-state index contributed by atoms with van der Waals surface area (Å²) in [4.78, 5) is 29.8. The molecule has 1 aliphatic rings. The van der Waals surface area contributed by atoms with Crippen molar-refractivity contribution in [1.82, 2.24) is 4.98 Å². The van der Waals surface area contributed by atoms with E-state index in [1.165, 1.54) is 18.6 Å². The molecule has 1 fully saturated rings. The Hall–Kier alpha value is -4.75. The molecule has 1 N–H and O–H groups in total. The zero-order valence-corrected chi connectivity index (χ0v) is 23.5. The molecule has 1 aliphatic carbocycles. The Bertz CT molecular complexity index is 1790. The average molecular weight is 578 g/mol. The monoisotopic (exact) mass is 577 g/mol. The largest absolute Gasteiger partial charge is 0.457 e. The van der Waals surface area contributed by atoms with Gasteiger partial charge in [-0.05, 0) is 54.7 Å². The van der Waals surface area contributed by atoms with Crippen LogP contribution in [-0.4, -0.2) is 15.8 Å². The fraction of sp³-hybridized carbons (Fsp3) is 0.176. The van der Waals surface area contributed by atoms with Crippen LogP contribution in [-0.2, 0) is 0 Å². The second-order valence-corrected chi connectivity index (χ2v) is 10.9. The van der Waals surface area contributed by atoms with Gasteiger partial charge in [-0.2, -0.15) is 0 Å². The van der Waals surface area contributed by atoms with Crippen molar-refractivity contribution in [2.75, 3.05) is 5.32 Å². The van der Waals surface area contributed by atoms with Crippen LogP contribution in [0.5, 0.6) is 11.5 Å². The van der Waals surface area contributed by atoms with E-state index in [1.807, 2.05) is 60.7 Å². The average Bonchev–Trinajstić information content (AvgIpc) is 3.02. The first kappa shape index (κ1) is 27.4. The molecule has 1 saturated carbocycles. The van der Waals surface area contributed by atoms with Crippen molar-refractivity contribution in [3.63, 3.8) is 0 Å². The van der Waals surface area contributed by atoms with Crippen molar-refractivity contribution in [3.8, 4) is 22.8 Å². The summed E-state index contributed by atoms with van der Waals surface area (Å²) in [6.07, 6.45) is 5.56. The zero-order valence-electron chi connectivity index (χ0n) is 22.8. The summed E-state index contributed by atoms with van der Waals surface area (Å²) in [5.41, 5.74) is 3.66. The van der Waals surface area contributed by atoms with Gasteiger partial charge in [-0.3, -0.25) is 14.9 Å². The Morgan fingerprint density at radius 1 is 0.905 bits per heavy atom. The summed E-state index contributed by atoms with van der Waals surface area (Å²) >= 11 is 6.34. The molecule has 8 heteroatoms. The second-order valence-electron chi connectivity index (χ2n) is 10.5. The number of rotatable bonds is 7. The number of nitrogens with zero attached hydrogens (tertiary/aromatic N) is 2. The normalized spacial score (nSPS) is 13.5. The lowest BCUT2D eigenvalue weighted by Crippen LogP contribution is -2.13. The molecule has 1 aromatic heterocycles. The number of benzene rings is 4. The molecule has 5 aromatic rings. The van der Waals surface area contributed by atoms with Gasteiger partial charge in [0, 0.05) is 28.1 Å². The Labute approximate surface area is 248 Å². The smallest absolute Gasteiger partial charge is 0.275 e. The number of para-hydroxylation sites is 1. The molecule has 210 valence electrons. The summed E-state index contributed by atoms with van der Waals surface area (Å²) in [7, 11) is 0. The van der Waals surface area contributed by atoms with Gasteiger partial charge in [0.25, 0.3) is 11.6 Å². The van der Waals surface area contributed by atoms with Gasteiger partial charge in [-0.1, -0.05) is 79.4 Å². The maximum absolute atomic E-state index is 13.7. The number of carbonyl (C=O) groups is 1.